The van der Waals surface area contributed by atoms with Crippen molar-refractivity contribution in [3.63, 3.8) is 0 Å². The lowest BCUT2D eigenvalue weighted by Gasteiger charge is -2.30. The van der Waals surface area contributed by atoms with Gasteiger partial charge in [0.15, 0.2) is 0 Å². The van der Waals surface area contributed by atoms with Crippen molar-refractivity contribution in [1.82, 2.24) is 5.32 Å². The molecule has 0 unspecified atom stereocenters. The highest BCUT2D eigenvalue weighted by atomic mass is 79.9. The highest BCUT2D eigenvalue weighted by Crippen LogP contribution is 2.20. The van der Waals surface area contributed by atoms with Gasteiger partial charge in [-0.1, -0.05) is 56.5 Å². The Bertz CT molecular complexity index is 425. The van der Waals surface area contributed by atoms with Gasteiger partial charge >= 0.3 is 0 Å². The van der Waals surface area contributed by atoms with E-state index in [-0.39, 0.29) is 11.4 Å². The van der Waals surface area contributed by atoms with Crippen molar-refractivity contribution in [2.24, 2.45) is 0 Å². The second-order valence-electron chi connectivity index (χ2n) is 4.31. The van der Waals surface area contributed by atoms with Gasteiger partial charge in [0, 0.05) is 21.2 Å². The van der Waals surface area contributed by atoms with Crippen LogP contribution >= 0.6 is 43.5 Å². The molecule has 1 aromatic carbocycles. The number of aryl methyl sites for hydroxylation is 1. The number of benzene rings is 1. The second kappa shape index (κ2) is 6.92. The number of rotatable bonds is 5. The maximum Gasteiger partial charge on any atom is 0.252 e. The lowest BCUT2D eigenvalue weighted by Crippen LogP contribution is -2.51. The van der Waals surface area contributed by atoms with Gasteiger partial charge in [0.2, 0.25) is 0 Å². The average molecular weight is 398 g/mol. The predicted octanol–water partition coefficient (Wildman–Crippen LogP) is 4.32. The molecule has 100 valence electrons. The Labute approximate surface area is 130 Å². The van der Waals surface area contributed by atoms with Crippen LogP contribution < -0.4 is 5.32 Å². The van der Waals surface area contributed by atoms with Crippen LogP contribution in [0.4, 0.5) is 0 Å². The molecule has 0 radical (unpaired) electrons. The molecule has 1 aromatic rings. The Morgan fingerprint density at radius 1 is 1.39 bits per heavy atom. The monoisotopic (exact) mass is 395 g/mol. The van der Waals surface area contributed by atoms with E-state index < -0.39 is 0 Å². The topological polar surface area (TPSA) is 29.1 Å². The Kier molecular flexibility index (Phi) is 6.15. The maximum absolute atomic E-state index is 12.3. The molecule has 0 aromatic heterocycles. The third-order valence-corrected chi connectivity index (χ3v) is 5.39. The maximum atomic E-state index is 12.3. The minimum Gasteiger partial charge on any atom is -0.345 e. The quantitative estimate of drug-likeness (QED) is 0.737. The molecule has 18 heavy (non-hydrogen) atoms. The number of hydrogen-bond acceptors (Lipinski definition) is 1. The molecule has 0 fully saturated rings. The summed E-state index contributed by atoms with van der Waals surface area (Å²) in [5.41, 5.74) is 1.28. The lowest BCUT2D eigenvalue weighted by atomic mass is 10.00. The lowest BCUT2D eigenvalue weighted by molar-refractivity contribution is 0.0915. The first-order chi connectivity index (χ1) is 8.48. The minimum atomic E-state index is -0.272. The van der Waals surface area contributed by atoms with Crippen LogP contribution in [-0.2, 0) is 0 Å². The third kappa shape index (κ3) is 3.72. The van der Waals surface area contributed by atoms with Crippen LogP contribution in [-0.4, -0.2) is 22.1 Å². The molecule has 1 rings (SSSR count). The molecule has 0 heterocycles. The van der Waals surface area contributed by atoms with Gasteiger partial charge in [0.25, 0.3) is 5.91 Å². The van der Waals surface area contributed by atoms with Crippen molar-refractivity contribution in [2.75, 3.05) is 10.7 Å². The molecule has 1 amide bonds. The van der Waals surface area contributed by atoms with E-state index in [2.05, 4.69) is 37.2 Å². The molecule has 0 saturated carbocycles. The summed E-state index contributed by atoms with van der Waals surface area (Å²) in [5, 5.41) is 5.05. The summed E-state index contributed by atoms with van der Waals surface area (Å²) < 4.78 is 0. The molecule has 0 saturated heterocycles. The van der Waals surface area contributed by atoms with E-state index in [4.69, 9.17) is 11.6 Å². The van der Waals surface area contributed by atoms with Crippen LogP contribution in [0.1, 0.15) is 29.3 Å². The van der Waals surface area contributed by atoms with Crippen molar-refractivity contribution in [2.45, 2.75) is 25.8 Å². The molecule has 0 aliphatic carbocycles. The Hall–Kier alpha value is -0.0600. The zero-order valence-corrected chi connectivity index (χ0v) is 14.3. The highest BCUT2D eigenvalue weighted by Gasteiger charge is 2.28. The van der Waals surface area contributed by atoms with Crippen molar-refractivity contribution < 1.29 is 4.79 Å². The van der Waals surface area contributed by atoms with Crippen LogP contribution in [0.15, 0.2) is 18.2 Å². The summed E-state index contributed by atoms with van der Waals surface area (Å²) in [6, 6.07) is 5.35. The molecular formula is C13H16Br2ClNO. The van der Waals surface area contributed by atoms with Gasteiger partial charge in [-0.2, -0.15) is 0 Å². The number of hydrogen-bond donors (Lipinski definition) is 1. The number of carbonyl (C=O) groups excluding carboxylic acids is 1. The SMILES string of the molecule is CCC(CBr)(CBr)NC(=O)c1cc(Cl)ccc1C. The van der Waals surface area contributed by atoms with Crippen LogP contribution in [0.2, 0.25) is 5.02 Å². The van der Waals surface area contributed by atoms with Crippen LogP contribution in [0.25, 0.3) is 0 Å². The molecule has 5 heteroatoms. The summed E-state index contributed by atoms with van der Waals surface area (Å²) >= 11 is 12.8. The van der Waals surface area contributed by atoms with Crippen molar-refractivity contribution in [1.29, 1.82) is 0 Å². The van der Waals surface area contributed by atoms with E-state index in [0.29, 0.717) is 21.2 Å². The van der Waals surface area contributed by atoms with Gasteiger partial charge in [-0.05, 0) is 31.0 Å². The molecule has 0 aliphatic heterocycles. The fourth-order valence-corrected chi connectivity index (χ4v) is 3.70. The van der Waals surface area contributed by atoms with Crippen molar-refractivity contribution >= 4 is 49.4 Å². The largest absolute Gasteiger partial charge is 0.345 e. The number of halogens is 3. The van der Waals surface area contributed by atoms with Crippen molar-refractivity contribution in [3.8, 4) is 0 Å². The molecule has 0 spiro atoms. The standard InChI is InChI=1S/C13H16Br2ClNO/c1-3-13(7-14,8-15)17-12(18)11-6-10(16)5-4-9(11)2/h4-6H,3,7-8H2,1-2H3,(H,17,18). The summed E-state index contributed by atoms with van der Waals surface area (Å²) in [4.78, 5) is 12.3. The smallest absolute Gasteiger partial charge is 0.252 e. The Balaban J connectivity index is 2.97. The van der Waals surface area contributed by atoms with Crippen LogP contribution in [0.3, 0.4) is 0 Å². The summed E-state index contributed by atoms with van der Waals surface area (Å²) in [6.07, 6.45) is 0.842. The van der Waals surface area contributed by atoms with Gasteiger partial charge < -0.3 is 5.32 Å². The van der Waals surface area contributed by atoms with E-state index in [1.807, 2.05) is 19.9 Å². The van der Waals surface area contributed by atoms with Crippen LogP contribution in [0, 0.1) is 6.92 Å². The minimum absolute atomic E-state index is 0.0873. The number of nitrogens with one attached hydrogen (secondary N) is 1. The molecule has 2 nitrogen and oxygen atoms in total. The van der Waals surface area contributed by atoms with Gasteiger partial charge in [0.05, 0.1) is 5.54 Å². The summed E-state index contributed by atoms with van der Waals surface area (Å²) in [6.45, 7) is 3.95. The van der Waals surface area contributed by atoms with Crippen LogP contribution in [0.5, 0.6) is 0 Å². The fraction of sp³-hybridized carbons (Fsp3) is 0.462. The summed E-state index contributed by atoms with van der Waals surface area (Å²) in [5.74, 6) is -0.0873. The van der Waals surface area contributed by atoms with Gasteiger partial charge in [0.1, 0.15) is 0 Å². The molecule has 0 atom stereocenters. The second-order valence-corrected chi connectivity index (χ2v) is 5.87. The predicted molar refractivity (Wildman–Crippen MR) is 84.3 cm³/mol. The zero-order valence-electron chi connectivity index (χ0n) is 10.4. The van der Waals surface area contributed by atoms with E-state index in [1.165, 1.54) is 0 Å². The van der Waals surface area contributed by atoms with Crippen molar-refractivity contribution in [3.05, 3.63) is 34.3 Å². The molecule has 0 aliphatic rings. The Morgan fingerprint density at radius 3 is 2.50 bits per heavy atom. The number of alkyl halides is 2. The fourth-order valence-electron chi connectivity index (χ4n) is 1.53. The molecule has 1 N–H and O–H groups in total. The van der Waals surface area contributed by atoms with Gasteiger partial charge in [-0.3, -0.25) is 4.79 Å². The molecular weight excluding hydrogens is 381 g/mol. The highest BCUT2D eigenvalue weighted by molar-refractivity contribution is 9.09. The van der Waals surface area contributed by atoms with E-state index in [1.54, 1.807) is 12.1 Å². The Morgan fingerprint density at radius 2 is 2.00 bits per heavy atom. The first-order valence-electron chi connectivity index (χ1n) is 5.68. The zero-order chi connectivity index (χ0) is 13.8. The molecule has 0 bridgehead atoms. The number of carbonyl (C=O) groups is 1. The first kappa shape index (κ1) is 16.0. The van der Waals surface area contributed by atoms with Gasteiger partial charge in [-0.15, -0.1) is 0 Å². The van der Waals surface area contributed by atoms with Gasteiger partial charge in [-0.25, -0.2) is 0 Å². The first-order valence-corrected chi connectivity index (χ1v) is 8.30. The van der Waals surface area contributed by atoms with E-state index in [9.17, 15) is 4.79 Å². The summed E-state index contributed by atoms with van der Waals surface area (Å²) in [7, 11) is 0. The number of amides is 1. The average Bonchev–Trinajstić information content (AvgIpc) is 2.38. The van der Waals surface area contributed by atoms with E-state index in [0.717, 1.165) is 12.0 Å². The third-order valence-electron chi connectivity index (χ3n) is 3.01. The van der Waals surface area contributed by atoms with E-state index >= 15 is 0 Å². The normalized spacial score (nSPS) is 11.4.